The summed E-state index contributed by atoms with van der Waals surface area (Å²) in [6.07, 6.45) is 13.2. The van der Waals surface area contributed by atoms with Crippen LogP contribution in [0.5, 0.6) is 28.7 Å². The SMILES string of the molecule is CC/C=C/CBr.CCCC1C=C2N(Cc3cc(C)cc(C)c31)C(=O)N(CC)C21CCN(Cc2cc(OC)cc(OC)c2)CC1.CCN1C(=O)N(Cc2cc(C)cc(OC)c2)C(=O)C12CCN(Cc1cc(OC)cc(OC)c1)CC2. The molecule has 0 aliphatic carbocycles. The number of aryl methyl sites for hydroxylation is 3. The minimum Gasteiger partial charge on any atom is -0.497 e. The summed E-state index contributed by atoms with van der Waals surface area (Å²) in [7, 11) is 8.29. The zero-order valence-electron chi connectivity index (χ0n) is 49.2. The van der Waals surface area contributed by atoms with E-state index in [2.05, 4.69) is 113 Å². The molecule has 1 atom stereocenters. The van der Waals surface area contributed by atoms with Crippen molar-refractivity contribution in [1.29, 1.82) is 0 Å². The number of likely N-dealkylation sites (N-methyl/N-ethyl adjacent to an activating group) is 2. The summed E-state index contributed by atoms with van der Waals surface area (Å²) in [6, 6.07) is 22.4. The normalized spacial score (nSPS) is 18.7. The summed E-state index contributed by atoms with van der Waals surface area (Å²) in [5.74, 6) is 4.13. The molecule has 5 heterocycles. The first kappa shape index (κ1) is 60.6. The zero-order valence-corrected chi connectivity index (χ0v) is 50.8. The highest BCUT2D eigenvalue weighted by Gasteiger charge is 2.58. The van der Waals surface area contributed by atoms with Gasteiger partial charge in [0.15, 0.2) is 0 Å². The molecule has 4 aromatic rings. The molecule has 0 N–H and O–H groups in total. The highest BCUT2D eigenvalue weighted by molar-refractivity contribution is 9.09. The van der Waals surface area contributed by atoms with Crippen molar-refractivity contribution < 1.29 is 38.1 Å². The number of fused-ring (bicyclic) bond motifs is 3. The fraction of sp³-hybridized carbons (Fsp3) is 0.516. The molecule has 0 radical (unpaired) electrons. The van der Waals surface area contributed by atoms with Gasteiger partial charge in [0.2, 0.25) is 0 Å². The number of imide groups is 1. The molecule has 79 heavy (non-hydrogen) atoms. The van der Waals surface area contributed by atoms with Crippen molar-refractivity contribution in [3.05, 3.63) is 135 Å². The van der Waals surface area contributed by atoms with Gasteiger partial charge in [0.1, 0.15) is 34.3 Å². The van der Waals surface area contributed by atoms with Gasteiger partial charge in [-0.25, -0.2) is 9.59 Å². The molecular formula is C64H87BrN6O8. The number of allylic oxidation sites excluding steroid dienone is 3. The molecule has 5 aliphatic heterocycles. The summed E-state index contributed by atoms with van der Waals surface area (Å²) in [5, 5.41) is 0.987. The minimum atomic E-state index is -0.775. The third-order valence-electron chi connectivity index (χ3n) is 16.5. The maximum atomic E-state index is 13.9. The number of hydrogen-bond donors (Lipinski definition) is 0. The molecule has 0 bridgehead atoms. The number of halogens is 1. The van der Waals surface area contributed by atoms with Gasteiger partial charge >= 0.3 is 12.1 Å². The van der Waals surface area contributed by atoms with Crippen LogP contribution in [0.15, 0.2) is 90.7 Å². The molecule has 0 saturated carbocycles. The Hall–Kier alpha value is -6.03. The van der Waals surface area contributed by atoms with Crippen molar-refractivity contribution in [2.45, 2.75) is 137 Å². The molecule has 15 heteroatoms. The number of likely N-dealkylation sites (tertiary alicyclic amines) is 2. The number of alkyl halides is 1. The summed E-state index contributed by atoms with van der Waals surface area (Å²) >= 11 is 3.26. The Balaban J connectivity index is 0.000000208. The van der Waals surface area contributed by atoms with Gasteiger partial charge in [0, 0.05) is 81.4 Å². The van der Waals surface area contributed by atoms with E-state index in [1.165, 1.54) is 38.4 Å². The van der Waals surface area contributed by atoms with Gasteiger partial charge in [-0.2, -0.15) is 0 Å². The standard InChI is InChI=1S/C32H43N3O3.C27H35N3O5.C5H9Br/c1-7-9-25-18-29-32(10-12-33(13-11-32)20-24-16-27(37-5)19-28(17-24)38-6)35(8-2)31(36)34(29)21-26-15-22(3)14-23(4)30(25)26;1-6-30-26(32)29(18-20-11-19(2)12-22(13-20)33-3)25(31)27(30)7-9-28(10-8-27)17-21-14-23(34-4)16-24(15-21)35-5;1-2-3-4-5-6/h14-19,25H,7-13,20-21H2,1-6H3;11-16H,6-10,17-18H2,1-5H3;3-4H,2,5H2,1H3/b;;4-3+. The second kappa shape index (κ2) is 27.4. The Morgan fingerprint density at radius 1 is 0.570 bits per heavy atom. The molecule has 428 valence electrons. The molecule has 5 aliphatic rings. The number of urea groups is 2. The highest BCUT2D eigenvalue weighted by atomic mass is 79.9. The lowest BCUT2D eigenvalue weighted by atomic mass is 9.80. The van der Waals surface area contributed by atoms with Gasteiger partial charge in [-0.3, -0.25) is 24.4 Å². The topological polar surface area (TPSA) is 117 Å². The Morgan fingerprint density at radius 2 is 1.04 bits per heavy atom. The van der Waals surface area contributed by atoms with Crippen LogP contribution in [-0.4, -0.2) is 139 Å². The summed E-state index contributed by atoms with van der Waals surface area (Å²) in [4.78, 5) is 53.3. The van der Waals surface area contributed by atoms with E-state index in [9.17, 15) is 14.4 Å². The van der Waals surface area contributed by atoms with E-state index in [-0.39, 0.29) is 30.1 Å². The Labute approximate surface area is 479 Å². The quantitative estimate of drug-likeness (QED) is 0.0575. The van der Waals surface area contributed by atoms with E-state index in [1.54, 1.807) is 40.4 Å². The number of methoxy groups -OCH3 is 5. The minimum absolute atomic E-state index is 0.0903. The third-order valence-corrected chi connectivity index (χ3v) is 16.8. The number of nitrogens with zero attached hydrogens (tertiary/aromatic N) is 6. The molecule has 0 aromatic heterocycles. The van der Waals surface area contributed by atoms with Gasteiger partial charge in [-0.05, 0) is 148 Å². The third kappa shape index (κ3) is 13.4. The maximum absolute atomic E-state index is 13.9. The predicted molar refractivity (Wildman–Crippen MR) is 318 cm³/mol. The molecule has 1 unspecified atom stereocenters. The van der Waals surface area contributed by atoms with E-state index in [0.717, 1.165) is 129 Å². The number of carbonyl (C=O) groups excluding carboxylic acids is 3. The van der Waals surface area contributed by atoms with E-state index >= 15 is 0 Å². The van der Waals surface area contributed by atoms with Crippen LogP contribution in [-0.2, 0) is 31.0 Å². The number of benzene rings is 4. The second-order valence-electron chi connectivity index (χ2n) is 21.6. The number of rotatable bonds is 17. The van der Waals surface area contributed by atoms with Gasteiger partial charge in [0.25, 0.3) is 5.91 Å². The lowest BCUT2D eigenvalue weighted by Gasteiger charge is -2.44. The Kier molecular flexibility index (Phi) is 21.0. The number of hydrogen-bond acceptors (Lipinski definition) is 10. The molecular weight excluding hydrogens is 1060 g/mol. The summed E-state index contributed by atoms with van der Waals surface area (Å²) in [5.41, 5.74) is 9.83. The van der Waals surface area contributed by atoms with Gasteiger partial charge in [0.05, 0.1) is 54.2 Å². The Morgan fingerprint density at radius 3 is 1.49 bits per heavy atom. The van der Waals surface area contributed by atoms with Crippen molar-refractivity contribution >= 4 is 33.9 Å². The van der Waals surface area contributed by atoms with E-state index in [0.29, 0.717) is 31.8 Å². The lowest BCUT2D eigenvalue weighted by molar-refractivity contribution is -0.136. The second-order valence-corrected chi connectivity index (χ2v) is 22.2. The molecule has 4 aromatic carbocycles. The fourth-order valence-electron chi connectivity index (χ4n) is 12.8. The van der Waals surface area contributed by atoms with Crippen LogP contribution >= 0.6 is 15.9 Å². The van der Waals surface area contributed by atoms with Crippen LogP contribution in [0.4, 0.5) is 9.59 Å². The van der Waals surface area contributed by atoms with Crippen molar-refractivity contribution in [3.63, 3.8) is 0 Å². The maximum Gasteiger partial charge on any atom is 0.327 e. The number of amides is 5. The van der Waals surface area contributed by atoms with E-state index < -0.39 is 5.54 Å². The Bertz CT molecular complexity index is 2770. The van der Waals surface area contributed by atoms with Gasteiger partial charge in [-0.1, -0.05) is 78.2 Å². The first-order valence-corrected chi connectivity index (χ1v) is 29.5. The van der Waals surface area contributed by atoms with Crippen molar-refractivity contribution in [2.75, 3.05) is 80.1 Å². The fourth-order valence-corrected chi connectivity index (χ4v) is 13.0. The smallest absolute Gasteiger partial charge is 0.327 e. The number of piperidine rings is 2. The van der Waals surface area contributed by atoms with Gasteiger partial charge < -0.3 is 33.5 Å². The summed E-state index contributed by atoms with van der Waals surface area (Å²) < 4.78 is 27.2. The largest absolute Gasteiger partial charge is 0.497 e. The molecule has 4 fully saturated rings. The van der Waals surface area contributed by atoms with Crippen LogP contribution in [0.25, 0.3) is 0 Å². The van der Waals surface area contributed by atoms with Crippen LogP contribution in [0, 0.1) is 20.8 Å². The zero-order chi connectivity index (χ0) is 57.0. The molecule has 14 nitrogen and oxygen atoms in total. The molecule has 9 rings (SSSR count). The highest BCUT2D eigenvalue weighted by Crippen LogP contribution is 2.49. The first-order chi connectivity index (χ1) is 38.1. The lowest BCUT2D eigenvalue weighted by Crippen LogP contribution is -2.56. The number of carbonyl (C=O) groups is 3. The monoisotopic (exact) mass is 1150 g/mol. The van der Waals surface area contributed by atoms with Gasteiger partial charge in [-0.15, -0.1) is 0 Å². The molecule has 5 amide bonds. The van der Waals surface area contributed by atoms with Crippen molar-refractivity contribution in [2.24, 2.45) is 0 Å². The average molecular weight is 1150 g/mol. The average Bonchev–Trinajstić information content (AvgIpc) is 3.94. The van der Waals surface area contributed by atoms with Crippen LogP contribution < -0.4 is 23.7 Å². The van der Waals surface area contributed by atoms with Crippen LogP contribution in [0.3, 0.4) is 0 Å². The van der Waals surface area contributed by atoms with Crippen molar-refractivity contribution in [3.8, 4) is 28.7 Å². The van der Waals surface area contributed by atoms with E-state index in [1.807, 2.05) is 56.3 Å². The van der Waals surface area contributed by atoms with Crippen LogP contribution in [0.1, 0.15) is 123 Å². The summed E-state index contributed by atoms with van der Waals surface area (Å²) in [6.45, 7) is 21.9. The van der Waals surface area contributed by atoms with E-state index in [4.69, 9.17) is 23.7 Å². The van der Waals surface area contributed by atoms with Crippen LogP contribution in [0.2, 0.25) is 0 Å². The number of ether oxygens (including phenoxy) is 5. The predicted octanol–water partition coefficient (Wildman–Crippen LogP) is 12.6. The first-order valence-electron chi connectivity index (χ1n) is 28.4. The van der Waals surface area contributed by atoms with Crippen molar-refractivity contribution in [1.82, 2.24) is 29.4 Å². The molecule has 2 spiro atoms. The molecule has 4 saturated heterocycles.